The highest BCUT2D eigenvalue weighted by atomic mass is 32.2. The van der Waals surface area contributed by atoms with Crippen molar-refractivity contribution in [3.8, 4) is 10.7 Å². The van der Waals surface area contributed by atoms with Gasteiger partial charge in [-0.2, -0.15) is 0 Å². The monoisotopic (exact) mass is 395 g/mol. The molecule has 1 saturated carbocycles. The van der Waals surface area contributed by atoms with Crippen molar-refractivity contribution in [2.45, 2.75) is 36.7 Å². The zero-order valence-electron chi connectivity index (χ0n) is 14.7. The number of hydrogen-bond acceptors (Lipinski definition) is 6. The Morgan fingerprint density at radius 2 is 2.15 bits per heavy atom. The lowest BCUT2D eigenvalue weighted by atomic mass is 10.1. The summed E-state index contributed by atoms with van der Waals surface area (Å²) < 4.78 is 2.24. The highest BCUT2D eigenvalue weighted by molar-refractivity contribution is 7.98. The normalized spacial score (nSPS) is 14.1. The Kier molecular flexibility index (Phi) is 4.09. The number of thioether (sulfide) groups is 1. The average Bonchev–Trinajstić information content (AvgIpc) is 3.18. The summed E-state index contributed by atoms with van der Waals surface area (Å²) in [6, 6.07) is 10.3. The minimum Gasteiger partial charge on any atom is -0.309 e. The minimum atomic E-state index is -0.0952. The van der Waals surface area contributed by atoms with Gasteiger partial charge in [0.2, 0.25) is 0 Å². The van der Waals surface area contributed by atoms with Gasteiger partial charge in [-0.25, -0.2) is 4.98 Å². The van der Waals surface area contributed by atoms with Crippen LogP contribution < -0.4 is 5.56 Å². The van der Waals surface area contributed by atoms with E-state index in [9.17, 15) is 4.79 Å². The smallest absolute Gasteiger partial charge is 0.258 e. The number of aryl methyl sites for hydroxylation is 1. The van der Waals surface area contributed by atoms with E-state index in [1.54, 1.807) is 23.1 Å². The van der Waals surface area contributed by atoms with E-state index < -0.39 is 0 Å². The van der Waals surface area contributed by atoms with Crippen LogP contribution in [0, 0.1) is 6.92 Å². The molecule has 5 rings (SSSR count). The molecule has 6 nitrogen and oxygen atoms in total. The van der Waals surface area contributed by atoms with E-state index in [2.05, 4.69) is 36.2 Å². The fraction of sp³-hybridized carbons (Fsp3) is 0.263. The summed E-state index contributed by atoms with van der Waals surface area (Å²) >= 11 is 3.25. The SMILES string of the molecule is Cc1cccc2c(=O)[nH]c(CSc3nnc(-c4cccs4)n3C3CC3)nc12. The van der Waals surface area contributed by atoms with Gasteiger partial charge in [0.1, 0.15) is 5.82 Å². The molecule has 1 N–H and O–H groups in total. The molecule has 27 heavy (non-hydrogen) atoms. The van der Waals surface area contributed by atoms with Gasteiger partial charge in [0, 0.05) is 6.04 Å². The largest absolute Gasteiger partial charge is 0.309 e. The first-order valence-corrected chi connectivity index (χ1v) is 10.7. The number of benzene rings is 1. The molecule has 0 amide bonds. The van der Waals surface area contributed by atoms with E-state index in [1.165, 1.54) is 0 Å². The third-order valence-corrected chi connectivity index (χ3v) is 6.46. The summed E-state index contributed by atoms with van der Waals surface area (Å²) in [6.45, 7) is 1.97. The number of aromatic amines is 1. The van der Waals surface area contributed by atoms with E-state index in [0.29, 0.717) is 23.0 Å². The number of para-hydroxylation sites is 1. The van der Waals surface area contributed by atoms with Gasteiger partial charge in [0.25, 0.3) is 5.56 Å². The molecule has 0 aliphatic heterocycles. The number of nitrogens with one attached hydrogen (secondary N) is 1. The minimum absolute atomic E-state index is 0.0952. The Morgan fingerprint density at radius 3 is 2.93 bits per heavy atom. The number of rotatable bonds is 5. The topological polar surface area (TPSA) is 76.5 Å². The molecule has 0 unspecified atom stereocenters. The summed E-state index contributed by atoms with van der Waals surface area (Å²) in [4.78, 5) is 21.1. The lowest BCUT2D eigenvalue weighted by molar-refractivity contribution is 0.669. The van der Waals surface area contributed by atoms with Crippen LogP contribution in [-0.4, -0.2) is 24.7 Å². The maximum Gasteiger partial charge on any atom is 0.258 e. The maximum atomic E-state index is 12.4. The van der Waals surface area contributed by atoms with Crippen LogP contribution in [0.5, 0.6) is 0 Å². The second kappa shape index (κ2) is 6.61. The molecule has 1 aliphatic carbocycles. The Bertz CT molecular complexity index is 1170. The number of aromatic nitrogens is 5. The molecule has 1 aromatic carbocycles. The molecule has 0 radical (unpaired) electrons. The van der Waals surface area contributed by atoms with E-state index in [-0.39, 0.29) is 5.56 Å². The van der Waals surface area contributed by atoms with Gasteiger partial charge < -0.3 is 4.98 Å². The zero-order valence-corrected chi connectivity index (χ0v) is 16.3. The quantitative estimate of drug-likeness (QED) is 0.513. The Balaban J connectivity index is 1.46. The Hall–Kier alpha value is -2.45. The first kappa shape index (κ1) is 16.7. The van der Waals surface area contributed by atoms with Crippen molar-refractivity contribution in [2.24, 2.45) is 0 Å². The van der Waals surface area contributed by atoms with Crippen LogP contribution in [-0.2, 0) is 5.75 Å². The number of fused-ring (bicyclic) bond motifs is 1. The summed E-state index contributed by atoms with van der Waals surface area (Å²) in [5, 5.41) is 12.4. The average molecular weight is 396 g/mol. The van der Waals surface area contributed by atoms with Crippen molar-refractivity contribution in [2.75, 3.05) is 0 Å². The summed E-state index contributed by atoms with van der Waals surface area (Å²) in [5.74, 6) is 2.15. The highest BCUT2D eigenvalue weighted by Gasteiger charge is 2.30. The Labute approximate surface area is 163 Å². The first-order chi connectivity index (χ1) is 13.2. The van der Waals surface area contributed by atoms with Gasteiger partial charge in [-0.05, 0) is 42.8 Å². The van der Waals surface area contributed by atoms with Crippen molar-refractivity contribution < 1.29 is 0 Å². The molecule has 0 atom stereocenters. The number of H-pyrrole nitrogens is 1. The third kappa shape index (κ3) is 3.08. The fourth-order valence-corrected chi connectivity index (χ4v) is 4.75. The van der Waals surface area contributed by atoms with Crippen LogP contribution in [0.1, 0.15) is 30.3 Å². The molecule has 136 valence electrons. The van der Waals surface area contributed by atoms with Crippen molar-refractivity contribution in [1.29, 1.82) is 0 Å². The third-order valence-electron chi connectivity index (χ3n) is 4.64. The zero-order chi connectivity index (χ0) is 18.4. The van der Waals surface area contributed by atoms with E-state index in [4.69, 9.17) is 0 Å². The molecular formula is C19H17N5OS2. The van der Waals surface area contributed by atoms with Crippen molar-refractivity contribution in [3.05, 3.63) is 57.5 Å². The number of nitrogens with zero attached hydrogens (tertiary/aromatic N) is 4. The van der Waals surface area contributed by atoms with E-state index in [1.807, 2.05) is 31.2 Å². The number of thiophene rings is 1. The molecule has 0 bridgehead atoms. The van der Waals surface area contributed by atoms with Gasteiger partial charge >= 0.3 is 0 Å². The van der Waals surface area contributed by atoms with Crippen LogP contribution in [0.25, 0.3) is 21.6 Å². The van der Waals surface area contributed by atoms with Gasteiger partial charge in [0.05, 0.1) is 21.5 Å². The second-order valence-electron chi connectivity index (χ2n) is 6.66. The fourth-order valence-electron chi connectivity index (χ4n) is 3.16. The molecule has 1 fully saturated rings. The van der Waals surface area contributed by atoms with E-state index >= 15 is 0 Å². The lowest BCUT2D eigenvalue weighted by Gasteiger charge is -2.08. The van der Waals surface area contributed by atoms with Crippen molar-refractivity contribution in [3.63, 3.8) is 0 Å². The first-order valence-electron chi connectivity index (χ1n) is 8.81. The molecule has 0 spiro atoms. The standard InChI is InChI=1S/C19H17N5OS2/c1-11-4-2-5-13-16(11)20-15(21-18(13)25)10-27-19-23-22-17(14-6-3-9-26-14)24(19)12-7-8-12/h2-6,9,12H,7-8,10H2,1H3,(H,20,21,25). The molecular weight excluding hydrogens is 378 g/mol. The highest BCUT2D eigenvalue weighted by Crippen LogP contribution is 2.42. The van der Waals surface area contributed by atoms with Crippen LogP contribution >= 0.6 is 23.1 Å². The van der Waals surface area contributed by atoms with Crippen LogP contribution in [0.2, 0.25) is 0 Å². The van der Waals surface area contributed by atoms with Crippen LogP contribution in [0.3, 0.4) is 0 Å². The van der Waals surface area contributed by atoms with Crippen LogP contribution in [0.4, 0.5) is 0 Å². The van der Waals surface area contributed by atoms with Gasteiger partial charge in [0.15, 0.2) is 11.0 Å². The summed E-state index contributed by atoms with van der Waals surface area (Å²) in [5.41, 5.74) is 1.67. The van der Waals surface area contributed by atoms with Gasteiger partial charge in [-0.3, -0.25) is 9.36 Å². The molecule has 0 saturated heterocycles. The van der Waals surface area contributed by atoms with Gasteiger partial charge in [-0.1, -0.05) is 30.0 Å². The second-order valence-corrected chi connectivity index (χ2v) is 8.55. The van der Waals surface area contributed by atoms with Gasteiger partial charge in [-0.15, -0.1) is 21.5 Å². The maximum absolute atomic E-state index is 12.4. The van der Waals surface area contributed by atoms with E-state index in [0.717, 1.165) is 39.8 Å². The molecule has 4 aromatic rings. The molecule has 3 heterocycles. The predicted octanol–water partition coefficient (Wildman–Crippen LogP) is 4.18. The lowest BCUT2D eigenvalue weighted by Crippen LogP contribution is -2.12. The van der Waals surface area contributed by atoms with Crippen LogP contribution in [0.15, 0.2) is 45.7 Å². The summed E-state index contributed by atoms with van der Waals surface area (Å²) in [7, 11) is 0. The molecule has 1 aliphatic rings. The number of hydrogen-bond donors (Lipinski definition) is 1. The van der Waals surface area contributed by atoms with Crippen molar-refractivity contribution >= 4 is 34.0 Å². The molecule has 3 aromatic heterocycles. The van der Waals surface area contributed by atoms with Crippen molar-refractivity contribution in [1.82, 2.24) is 24.7 Å². The Morgan fingerprint density at radius 1 is 1.26 bits per heavy atom. The molecule has 8 heteroatoms. The summed E-state index contributed by atoms with van der Waals surface area (Å²) in [6.07, 6.45) is 2.32. The predicted molar refractivity (Wildman–Crippen MR) is 108 cm³/mol.